The van der Waals surface area contributed by atoms with Gasteiger partial charge in [-0.2, -0.15) is 9.97 Å². The molecule has 1 aromatic heterocycles. The quantitative estimate of drug-likeness (QED) is 0.760. The van der Waals surface area contributed by atoms with Crippen molar-refractivity contribution >= 4 is 41.0 Å². The third-order valence-corrected chi connectivity index (χ3v) is 6.20. The van der Waals surface area contributed by atoms with E-state index in [9.17, 15) is 0 Å². The van der Waals surface area contributed by atoms with Gasteiger partial charge in [0, 0.05) is 43.5 Å². The van der Waals surface area contributed by atoms with Crippen LogP contribution < -0.4 is 15.0 Å². The van der Waals surface area contributed by atoms with Crippen molar-refractivity contribution in [3.8, 4) is 11.8 Å². The van der Waals surface area contributed by atoms with E-state index in [2.05, 4.69) is 56.2 Å². The fraction of sp³-hybridized carbons (Fsp3) is 0.391. The highest BCUT2D eigenvalue weighted by molar-refractivity contribution is 6.33. The van der Waals surface area contributed by atoms with Crippen molar-refractivity contribution < 1.29 is 4.74 Å². The minimum absolute atomic E-state index is 0.240. The Balaban J connectivity index is 1.46. The standard InChI is InChI=1S/C23H26ClN7O/c1-14-10-16-4-5-18(21(24)17(16)11-14)32-23-28-19(27-22-25-13-15(2)26-22)12-20(29-23)31-8-6-30(3)7-9-31/h4-5,11-12H,6-10,13H2,1-3H3,(H,25,27,28,29). The molecule has 1 N–H and O–H groups in total. The van der Waals surface area contributed by atoms with Crippen LogP contribution in [-0.2, 0) is 6.42 Å². The minimum Gasteiger partial charge on any atom is -0.423 e. The topological polar surface area (TPSA) is 78.2 Å². The molecule has 0 spiro atoms. The van der Waals surface area contributed by atoms with Gasteiger partial charge in [-0.05, 0) is 38.9 Å². The zero-order valence-corrected chi connectivity index (χ0v) is 19.3. The average Bonchev–Trinajstić information content (AvgIpc) is 3.35. The van der Waals surface area contributed by atoms with Crippen LogP contribution in [-0.4, -0.2) is 66.3 Å². The molecular formula is C23H26ClN7O. The van der Waals surface area contributed by atoms with Crippen molar-refractivity contribution in [1.82, 2.24) is 14.9 Å². The summed E-state index contributed by atoms with van der Waals surface area (Å²) < 4.78 is 6.11. The molecule has 3 aliphatic rings. The zero-order valence-electron chi connectivity index (χ0n) is 18.5. The van der Waals surface area contributed by atoms with E-state index in [1.807, 2.05) is 19.1 Å². The number of guanidine groups is 1. The molecule has 166 valence electrons. The Morgan fingerprint density at radius 3 is 2.66 bits per heavy atom. The lowest BCUT2D eigenvalue weighted by Gasteiger charge is -2.33. The van der Waals surface area contributed by atoms with Gasteiger partial charge in [0.15, 0.2) is 0 Å². The lowest BCUT2D eigenvalue weighted by molar-refractivity contribution is 0.311. The number of benzene rings is 1. The number of likely N-dealkylation sites (N-methyl/N-ethyl adjacent to an activating group) is 1. The van der Waals surface area contributed by atoms with Gasteiger partial charge in [0.1, 0.15) is 17.4 Å². The molecule has 8 nitrogen and oxygen atoms in total. The van der Waals surface area contributed by atoms with Gasteiger partial charge in [-0.15, -0.1) is 0 Å². The van der Waals surface area contributed by atoms with Crippen molar-refractivity contribution in [2.45, 2.75) is 20.3 Å². The number of aliphatic imine (C=N–C) groups is 2. The molecule has 0 unspecified atom stereocenters. The fourth-order valence-electron chi connectivity index (χ4n) is 4.04. The summed E-state index contributed by atoms with van der Waals surface area (Å²) in [5.74, 6) is 2.49. The van der Waals surface area contributed by atoms with Crippen molar-refractivity contribution in [1.29, 1.82) is 0 Å². The monoisotopic (exact) mass is 451 g/mol. The van der Waals surface area contributed by atoms with E-state index in [1.54, 1.807) is 0 Å². The molecule has 1 saturated heterocycles. The van der Waals surface area contributed by atoms with Crippen LogP contribution in [0.25, 0.3) is 6.08 Å². The number of nitrogens with one attached hydrogen (secondary N) is 1. The number of hydrogen-bond donors (Lipinski definition) is 1. The molecule has 0 saturated carbocycles. The summed E-state index contributed by atoms with van der Waals surface area (Å²) in [6.45, 7) is 8.37. The van der Waals surface area contributed by atoms with Crippen LogP contribution in [0.3, 0.4) is 0 Å². The Labute approximate surface area is 192 Å². The summed E-state index contributed by atoms with van der Waals surface area (Å²) in [6.07, 6.45) is 3.03. The lowest BCUT2D eigenvalue weighted by atomic mass is 10.1. The summed E-state index contributed by atoms with van der Waals surface area (Å²) in [6, 6.07) is 6.10. The van der Waals surface area contributed by atoms with Crippen molar-refractivity contribution in [3.05, 3.63) is 39.9 Å². The van der Waals surface area contributed by atoms with E-state index in [0.717, 1.165) is 49.7 Å². The molecule has 3 heterocycles. The first kappa shape index (κ1) is 20.9. The van der Waals surface area contributed by atoms with Crippen LogP contribution in [0.15, 0.2) is 33.8 Å². The number of halogens is 1. The van der Waals surface area contributed by atoms with Gasteiger partial charge in [0.2, 0.25) is 5.96 Å². The van der Waals surface area contributed by atoms with Gasteiger partial charge in [-0.25, -0.2) is 9.98 Å². The fourth-order valence-corrected chi connectivity index (χ4v) is 4.32. The molecule has 9 heteroatoms. The van der Waals surface area contributed by atoms with Crippen LogP contribution in [0.4, 0.5) is 11.6 Å². The van der Waals surface area contributed by atoms with E-state index < -0.39 is 0 Å². The van der Waals surface area contributed by atoms with Gasteiger partial charge in [0.05, 0.1) is 11.6 Å². The normalized spacial score (nSPS) is 18.2. The van der Waals surface area contributed by atoms with Crippen LogP contribution >= 0.6 is 11.6 Å². The maximum atomic E-state index is 6.67. The first-order chi connectivity index (χ1) is 15.4. The van der Waals surface area contributed by atoms with Gasteiger partial charge >= 0.3 is 6.01 Å². The van der Waals surface area contributed by atoms with E-state index in [4.69, 9.17) is 21.3 Å². The van der Waals surface area contributed by atoms with Crippen LogP contribution in [0.5, 0.6) is 11.8 Å². The van der Waals surface area contributed by atoms with Crippen LogP contribution in [0.1, 0.15) is 25.0 Å². The molecular weight excluding hydrogens is 426 g/mol. The Bertz CT molecular complexity index is 1150. The van der Waals surface area contributed by atoms with E-state index in [-0.39, 0.29) is 6.01 Å². The highest BCUT2D eigenvalue weighted by atomic mass is 35.5. The number of hydrogen-bond acceptors (Lipinski definition) is 8. The number of anilines is 2. The Hall–Kier alpha value is -2.97. The molecule has 1 aromatic carbocycles. The van der Waals surface area contributed by atoms with Gasteiger partial charge < -0.3 is 19.9 Å². The van der Waals surface area contributed by atoms with Gasteiger partial charge in [0.25, 0.3) is 0 Å². The number of rotatable bonds is 4. The zero-order chi connectivity index (χ0) is 22.2. The average molecular weight is 452 g/mol. The third-order valence-electron chi connectivity index (χ3n) is 5.81. The predicted molar refractivity (Wildman–Crippen MR) is 130 cm³/mol. The molecule has 0 atom stereocenters. The highest BCUT2D eigenvalue weighted by Crippen LogP contribution is 2.38. The number of ether oxygens (including phenoxy) is 1. The maximum Gasteiger partial charge on any atom is 0.325 e. The van der Waals surface area contributed by atoms with Crippen molar-refractivity contribution in [2.75, 3.05) is 50.0 Å². The molecule has 2 aromatic rings. The summed E-state index contributed by atoms with van der Waals surface area (Å²) >= 11 is 6.67. The molecule has 1 fully saturated rings. The summed E-state index contributed by atoms with van der Waals surface area (Å²) in [5.41, 5.74) is 4.47. The van der Waals surface area contributed by atoms with E-state index in [0.29, 0.717) is 29.1 Å². The van der Waals surface area contributed by atoms with Gasteiger partial charge in [-0.1, -0.05) is 29.3 Å². The second-order valence-corrected chi connectivity index (χ2v) is 8.89. The molecule has 0 amide bonds. The predicted octanol–water partition coefficient (Wildman–Crippen LogP) is 3.88. The molecule has 0 radical (unpaired) electrons. The lowest BCUT2D eigenvalue weighted by Crippen LogP contribution is -2.44. The summed E-state index contributed by atoms with van der Waals surface area (Å²) in [7, 11) is 2.13. The Kier molecular flexibility index (Phi) is 5.57. The maximum absolute atomic E-state index is 6.67. The van der Waals surface area contributed by atoms with E-state index in [1.165, 1.54) is 11.1 Å². The molecule has 1 aliphatic carbocycles. The van der Waals surface area contributed by atoms with Crippen molar-refractivity contribution in [2.24, 2.45) is 9.98 Å². The third kappa shape index (κ3) is 4.33. The number of allylic oxidation sites excluding steroid dienone is 1. The number of nitrogens with zero attached hydrogens (tertiary/aromatic N) is 6. The van der Waals surface area contributed by atoms with Gasteiger partial charge in [-0.3, -0.25) is 0 Å². The summed E-state index contributed by atoms with van der Waals surface area (Å²) in [5, 5.41) is 3.79. The summed E-state index contributed by atoms with van der Waals surface area (Å²) in [4.78, 5) is 22.6. The van der Waals surface area contributed by atoms with Crippen LogP contribution in [0.2, 0.25) is 5.02 Å². The second kappa shape index (κ2) is 8.52. The Morgan fingerprint density at radius 1 is 1.09 bits per heavy atom. The SMILES string of the molecule is CC1=Cc2c(ccc(Oc3nc(NC4=NCC(C)=N4)cc(N4CCN(C)CC4)n3)c2Cl)C1. The molecule has 5 rings (SSSR count). The van der Waals surface area contributed by atoms with E-state index >= 15 is 0 Å². The first-order valence-electron chi connectivity index (χ1n) is 10.8. The number of aromatic nitrogens is 2. The van der Waals surface area contributed by atoms with Crippen LogP contribution in [0, 0.1) is 0 Å². The highest BCUT2D eigenvalue weighted by Gasteiger charge is 2.21. The number of piperazine rings is 1. The first-order valence-corrected chi connectivity index (χ1v) is 11.2. The molecule has 0 bridgehead atoms. The minimum atomic E-state index is 0.240. The Morgan fingerprint density at radius 2 is 1.91 bits per heavy atom. The number of fused-ring (bicyclic) bond motifs is 1. The second-order valence-electron chi connectivity index (χ2n) is 8.52. The smallest absolute Gasteiger partial charge is 0.325 e. The molecule has 32 heavy (non-hydrogen) atoms. The molecule has 2 aliphatic heterocycles. The van der Waals surface area contributed by atoms with Crippen molar-refractivity contribution in [3.63, 3.8) is 0 Å². The largest absolute Gasteiger partial charge is 0.423 e.